The zero-order valence-electron chi connectivity index (χ0n) is 8.93. The number of hydrogen-bond donors (Lipinski definition) is 0. The zero-order chi connectivity index (χ0) is 13.3. The molecule has 0 saturated carbocycles. The van der Waals surface area contributed by atoms with Crippen LogP contribution in [0, 0.1) is 0 Å². The topological polar surface area (TPSA) is 0 Å². The first-order chi connectivity index (χ1) is 8.49. The van der Waals surface area contributed by atoms with Gasteiger partial charge in [-0.15, -0.1) is 0 Å². The third-order valence-electron chi connectivity index (χ3n) is 2.47. The van der Waals surface area contributed by atoms with Gasteiger partial charge in [-0.3, -0.25) is 0 Å². The van der Waals surface area contributed by atoms with Gasteiger partial charge in [-0.2, -0.15) is 0 Å². The fourth-order valence-corrected chi connectivity index (χ4v) is 2.39. The van der Waals surface area contributed by atoms with Crippen LogP contribution in [0.2, 0.25) is 15.1 Å². The minimum absolute atomic E-state index is 0.117. The lowest BCUT2D eigenvalue weighted by Gasteiger charge is -2.09. The highest BCUT2D eigenvalue weighted by Gasteiger charge is 2.12. The van der Waals surface area contributed by atoms with Crippen LogP contribution >= 0.6 is 34.8 Å². The van der Waals surface area contributed by atoms with Crippen molar-refractivity contribution in [3.8, 4) is 11.1 Å². The van der Waals surface area contributed by atoms with Crippen molar-refractivity contribution in [3.63, 3.8) is 0 Å². The highest BCUT2D eigenvalue weighted by atomic mass is 35.5. The molecule has 18 heavy (non-hydrogen) atoms. The van der Waals surface area contributed by atoms with E-state index in [0.717, 1.165) is 0 Å². The van der Waals surface area contributed by atoms with Crippen LogP contribution in [0.4, 0.5) is 8.78 Å². The van der Waals surface area contributed by atoms with Crippen LogP contribution in [0.5, 0.6) is 0 Å². The maximum absolute atomic E-state index is 12.5. The summed E-state index contributed by atoms with van der Waals surface area (Å²) in [4.78, 5) is 0. The molecular formula is C13H7Cl3F2. The molecule has 2 rings (SSSR count). The second-order valence-corrected chi connectivity index (χ2v) is 4.91. The molecule has 0 nitrogen and oxygen atoms in total. The average Bonchev–Trinajstić information content (AvgIpc) is 2.30. The Labute approximate surface area is 118 Å². The fourth-order valence-electron chi connectivity index (χ4n) is 1.59. The third kappa shape index (κ3) is 2.77. The second kappa shape index (κ2) is 5.43. The zero-order valence-corrected chi connectivity index (χ0v) is 11.2. The van der Waals surface area contributed by atoms with Gasteiger partial charge in [0.05, 0.1) is 0 Å². The Morgan fingerprint density at radius 1 is 0.778 bits per heavy atom. The summed E-state index contributed by atoms with van der Waals surface area (Å²) in [6.07, 6.45) is -2.54. The molecular weight excluding hydrogens is 300 g/mol. The van der Waals surface area contributed by atoms with E-state index in [0.29, 0.717) is 21.2 Å². The van der Waals surface area contributed by atoms with Crippen LogP contribution in [0.25, 0.3) is 11.1 Å². The highest BCUT2D eigenvalue weighted by molar-refractivity contribution is 6.38. The third-order valence-corrected chi connectivity index (χ3v) is 3.33. The summed E-state index contributed by atoms with van der Waals surface area (Å²) in [6, 6.07) is 9.05. The number of rotatable bonds is 2. The van der Waals surface area contributed by atoms with Crippen LogP contribution in [-0.4, -0.2) is 0 Å². The van der Waals surface area contributed by atoms with Crippen molar-refractivity contribution in [1.82, 2.24) is 0 Å². The van der Waals surface area contributed by atoms with E-state index < -0.39 is 6.43 Å². The maximum atomic E-state index is 12.5. The maximum Gasteiger partial charge on any atom is 0.263 e. The first kappa shape index (κ1) is 13.6. The summed E-state index contributed by atoms with van der Waals surface area (Å²) in [7, 11) is 0. The van der Waals surface area contributed by atoms with Gasteiger partial charge in [0.25, 0.3) is 6.43 Å². The van der Waals surface area contributed by atoms with Gasteiger partial charge in [0.15, 0.2) is 0 Å². The SMILES string of the molecule is FC(F)c1ccc(-c2ccc(Cl)cc2Cl)c(Cl)c1. The lowest BCUT2D eigenvalue weighted by atomic mass is 10.0. The van der Waals surface area contributed by atoms with Gasteiger partial charge in [0.2, 0.25) is 0 Å². The van der Waals surface area contributed by atoms with Crippen LogP contribution in [-0.2, 0) is 0 Å². The highest BCUT2D eigenvalue weighted by Crippen LogP contribution is 2.36. The summed E-state index contributed by atoms with van der Waals surface area (Å²) in [6.45, 7) is 0. The minimum atomic E-state index is -2.54. The van der Waals surface area contributed by atoms with Crippen molar-refractivity contribution in [3.05, 3.63) is 57.0 Å². The van der Waals surface area contributed by atoms with E-state index in [1.165, 1.54) is 18.2 Å². The molecule has 5 heteroatoms. The molecule has 0 saturated heterocycles. The molecule has 0 bridgehead atoms. The number of alkyl halides is 2. The number of hydrogen-bond acceptors (Lipinski definition) is 0. The first-order valence-electron chi connectivity index (χ1n) is 5.02. The normalized spacial score (nSPS) is 11.0. The van der Waals surface area contributed by atoms with Gasteiger partial charge in [0.1, 0.15) is 0 Å². The van der Waals surface area contributed by atoms with E-state index in [-0.39, 0.29) is 10.6 Å². The molecule has 0 spiro atoms. The van der Waals surface area contributed by atoms with E-state index in [1.807, 2.05) is 0 Å². The summed E-state index contributed by atoms with van der Waals surface area (Å²) >= 11 is 17.8. The van der Waals surface area contributed by atoms with E-state index in [2.05, 4.69) is 0 Å². The molecule has 0 unspecified atom stereocenters. The predicted molar refractivity (Wildman–Crippen MR) is 71.9 cm³/mol. The lowest BCUT2D eigenvalue weighted by Crippen LogP contribution is -1.87. The number of benzene rings is 2. The van der Waals surface area contributed by atoms with Crippen molar-refractivity contribution in [2.75, 3.05) is 0 Å². The van der Waals surface area contributed by atoms with Crippen molar-refractivity contribution in [2.24, 2.45) is 0 Å². The molecule has 0 aliphatic heterocycles. The van der Waals surface area contributed by atoms with E-state index in [4.69, 9.17) is 34.8 Å². The van der Waals surface area contributed by atoms with Crippen molar-refractivity contribution >= 4 is 34.8 Å². The monoisotopic (exact) mass is 306 g/mol. The molecule has 0 heterocycles. The molecule has 0 aliphatic rings. The lowest BCUT2D eigenvalue weighted by molar-refractivity contribution is 0.151. The Bertz CT molecular complexity index is 582. The molecule has 0 amide bonds. The van der Waals surface area contributed by atoms with Crippen molar-refractivity contribution < 1.29 is 8.78 Å². The molecule has 0 aromatic heterocycles. The second-order valence-electron chi connectivity index (χ2n) is 3.66. The Morgan fingerprint density at radius 3 is 1.83 bits per heavy atom. The first-order valence-corrected chi connectivity index (χ1v) is 6.15. The Balaban J connectivity index is 2.51. The fraction of sp³-hybridized carbons (Fsp3) is 0.0769. The standard InChI is InChI=1S/C13H7Cl3F2/c14-8-2-4-10(12(16)6-8)9-3-1-7(13(17)18)5-11(9)15/h1-6,13H. The van der Waals surface area contributed by atoms with Gasteiger partial charge >= 0.3 is 0 Å². The Morgan fingerprint density at radius 2 is 1.33 bits per heavy atom. The average molecular weight is 308 g/mol. The van der Waals surface area contributed by atoms with E-state index in [9.17, 15) is 8.78 Å². The van der Waals surface area contributed by atoms with Crippen molar-refractivity contribution in [1.29, 1.82) is 0 Å². The molecule has 0 atom stereocenters. The summed E-state index contributed by atoms with van der Waals surface area (Å²) < 4.78 is 25.0. The van der Waals surface area contributed by atoms with Crippen LogP contribution in [0.1, 0.15) is 12.0 Å². The van der Waals surface area contributed by atoms with Gasteiger partial charge in [-0.1, -0.05) is 53.0 Å². The quantitative estimate of drug-likeness (QED) is 0.615. The van der Waals surface area contributed by atoms with Crippen LogP contribution in [0.15, 0.2) is 36.4 Å². The largest absolute Gasteiger partial charge is 0.263 e. The number of halogens is 5. The van der Waals surface area contributed by atoms with E-state index in [1.54, 1.807) is 18.2 Å². The molecule has 2 aromatic rings. The minimum Gasteiger partial charge on any atom is -0.205 e. The molecule has 0 radical (unpaired) electrons. The van der Waals surface area contributed by atoms with Crippen molar-refractivity contribution in [2.45, 2.75) is 6.43 Å². The van der Waals surface area contributed by atoms with E-state index >= 15 is 0 Å². The molecule has 0 N–H and O–H groups in total. The Hall–Kier alpha value is -0.830. The summed E-state index contributed by atoms with van der Waals surface area (Å²) in [5, 5.41) is 1.16. The van der Waals surface area contributed by atoms with Gasteiger partial charge in [-0.25, -0.2) is 8.78 Å². The predicted octanol–water partition coefficient (Wildman–Crippen LogP) is 6.25. The van der Waals surface area contributed by atoms with Gasteiger partial charge in [-0.05, 0) is 18.2 Å². The smallest absolute Gasteiger partial charge is 0.205 e. The molecule has 0 fully saturated rings. The van der Waals surface area contributed by atoms with Gasteiger partial charge < -0.3 is 0 Å². The molecule has 94 valence electrons. The molecule has 0 aliphatic carbocycles. The summed E-state index contributed by atoms with van der Waals surface area (Å²) in [5.41, 5.74) is 1.14. The molecule has 2 aromatic carbocycles. The van der Waals surface area contributed by atoms with Crippen LogP contribution in [0.3, 0.4) is 0 Å². The Kier molecular flexibility index (Phi) is 4.10. The van der Waals surface area contributed by atoms with Gasteiger partial charge in [0, 0.05) is 31.8 Å². The van der Waals surface area contributed by atoms with Crippen LogP contribution < -0.4 is 0 Å². The summed E-state index contributed by atoms with van der Waals surface area (Å²) in [5.74, 6) is 0.